The van der Waals surface area contributed by atoms with Crippen LogP contribution in [0.4, 0.5) is 4.39 Å². The summed E-state index contributed by atoms with van der Waals surface area (Å²) < 4.78 is 13.8. The van der Waals surface area contributed by atoms with Crippen molar-refractivity contribution in [3.63, 3.8) is 0 Å². The van der Waals surface area contributed by atoms with Crippen molar-refractivity contribution in [3.05, 3.63) is 101 Å². The molecule has 0 unspecified atom stereocenters. The molecule has 1 fully saturated rings. The first kappa shape index (κ1) is 26.8. The molecule has 1 saturated heterocycles. The van der Waals surface area contributed by atoms with Gasteiger partial charge in [0.05, 0.1) is 6.04 Å². The van der Waals surface area contributed by atoms with Crippen molar-refractivity contribution in [2.75, 3.05) is 26.2 Å². The van der Waals surface area contributed by atoms with Crippen LogP contribution in [0.5, 0.6) is 5.75 Å². The van der Waals surface area contributed by atoms with E-state index >= 15 is 0 Å². The van der Waals surface area contributed by atoms with Crippen LogP contribution in [0.25, 0.3) is 0 Å². The van der Waals surface area contributed by atoms with Gasteiger partial charge in [-0.25, -0.2) is 4.39 Å². The lowest BCUT2D eigenvalue weighted by Gasteiger charge is -2.47. The highest BCUT2D eigenvalue weighted by atomic mass is 19.1. The summed E-state index contributed by atoms with van der Waals surface area (Å²) in [5, 5.41) is 10.3. The van der Waals surface area contributed by atoms with Crippen molar-refractivity contribution >= 4 is 5.91 Å². The van der Waals surface area contributed by atoms with E-state index in [9.17, 15) is 14.3 Å². The fourth-order valence-corrected chi connectivity index (χ4v) is 5.45. The number of nitrogens with zero attached hydrogens (tertiary/aromatic N) is 3. The van der Waals surface area contributed by atoms with Crippen LogP contribution in [-0.2, 0) is 6.54 Å². The van der Waals surface area contributed by atoms with E-state index in [0.29, 0.717) is 25.2 Å². The molecule has 0 spiro atoms. The molecule has 5 nitrogen and oxygen atoms in total. The first-order valence-corrected chi connectivity index (χ1v) is 13.2. The third kappa shape index (κ3) is 6.20. The van der Waals surface area contributed by atoms with Crippen LogP contribution in [0.1, 0.15) is 60.8 Å². The van der Waals surface area contributed by atoms with Gasteiger partial charge in [-0.15, -0.1) is 0 Å². The Balaban J connectivity index is 1.61. The summed E-state index contributed by atoms with van der Waals surface area (Å²) in [5.74, 6) is 0.0726. The molecule has 6 heteroatoms. The van der Waals surface area contributed by atoms with E-state index in [-0.39, 0.29) is 35.6 Å². The van der Waals surface area contributed by atoms with Gasteiger partial charge in [-0.1, -0.05) is 36.4 Å². The van der Waals surface area contributed by atoms with Crippen LogP contribution < -0.4 is 0 Å². The van der Waals surface area contributed by atoms with E-state index in [1.807, 2.05) is 61.2 Å². The SMILES string of the molecule is CCN(CC)C(=O)c1ccc([C@@H](c2cccc(O)c2)N2C[C@@H](C)N(Cc3cccc(F)c3)C[C@@H]2C)cc1. The van der Waals surface area contributed by atoms with Crippen molar-refractivity contribution < 1.29 is 14.3 Å². The molecule has 0 bridgehead atoms. The second kappa shape index (κ2) is 11.9. The molecule has 196 valence electrons. The van der Waals surface area contributed by atoms with Crippen LogP contribution >= 0.6 is 0 Å². The van der Waals surface area contributed by atoms with Gasteiger partial charge in [-0.2, -0.15) is 0 Å². The fourth-order valence-electron chi connectivity index (χ4n) is 5.45. The Hall–Kier alpha value is -3.22. The molecular formula is C31H38FN3O2. The number of phenolic OH excluding ortho intramolecular Hbond substituents is 1. The molecule has 1 aliphatic heterocycles. The highest BCUT2D eigenvalue weighted by Crippen LogP contribution is 2.35. The Kier molecular flexibility index (Phi) is 8.62. The van der Waals surface area contributed by atoms with Crippen LogP contribution in [0.15, 0.2) is 72.8 Å². The lowest BCUT2D eigenvalue weighted by atomic mass is 9.92. The van der Waals surface area contributed by atoms with Crippen molar-refractivity contribution in [2.24, 2.45) is 0 Å². The number of amides is 1. The Morgan fingerprint density at radius 2 is 1.65 bits per heavy atom. The molecule has 4 rings (SSSR count). The molecule has 0 aromatic heterocycles. The van der Waals surface area contributed by atoms with Gasteiger partial charge in [0, 0.05) is 50.4 Å². The molecule has 0 saturated carbocycles. The second-order valence-corrected chi connectivity index (χ2v) is 10.1. The maximum absolute atomic E-state index is 13.8. The predicted molar refractivity (Wildman–Crippen MR) is 146 cm³/mol. The Bertz CT molecular complexity index is 1200. The van der Waals surface area contributed by atoms with Crippen LogP contribution in [0, 0.1) is 5.82 Å². The summed E-state index contributed by atoms with van der Waals surface area (Å²) in [7, 11) is 0. The van der Waals surface area contributed by atoms with Gasteiger partial charge < -0.3 is 10.0 Å². The number of phenols is 1. The Labute approximate surface area is 220 Å². The van der Waals surface area contributed by atoms with E-state index in [1.54, 1.807) is 18.2 Å². The minimum absolute atomic E-state index is 0.0402. The first-order chi connectivity index (χ1) is 17.8. The van der Waals surface area contributed by atoms with Gasteiger partial charge in [0.2, 0.25) is 0 Å². The lowest BCUT2D eigenvalue weighted by molar-refractivity contribution is 0.0194. The fraction of sp³-hybridized carbons (Fsp3) is 0.387. The molecule has 3 atom stereocenters. The van der Waals surface area contributed by atoms with Gasteiger partial charge >= 0.3 is 0 Å². The molecule has 1 heterocycles. The smallest absolute Gasteiger partial charge is 0.253 e. The summed E-state index contributed by atoms with van der Waals surface area (Å²) in [6.07, 6.45) is 0. The van der Waals surface area contributed by atoms with Gasteiger partial charge in [0.25, 0.3) is 5.91 Å². The highest BCUT2D eigenvalue weighted by Gasteiger charge is 2.35. The maximum atomic E-state index is 13.8. The third-order valence-electron chi connectivity index (χ3n) is 7.48. The monoisotopic (exact) mass is 503 g/mol. The van der Waals surface area contributed by atoms with Crippen molar-refractivity contribution in [3.8, 4) is 5.75 Å². The number of piperazine rings is 1. The zero-order chi connectivity index (χ0) is 26.5. The van der Waals surface area contributed by atoms with E-state index in [0.717, 1.165) is 29.8 Å². The van der Waals surface area contributed by atoms with Crippen LogP contribution in [-0.4, -0.2) is 64.0 Å². The molecule has 1 N–H and O–H groups in total. The Morgan fingerprint density at radius 1 is 0.946 bits per heavy atom. The average molecular weight is 504 g/mol. The summed E-state index contributed by atoms with van der Waals surface area (Å²) in [5.41, 5.74) is 3.76. The van der Waals surface area contributed by atoms with Gasteiger partial charge in [0.15, 0.2) is 0 Å². The van der Waals surface area contributed by atoms with Crippen LogP contribution in [0.3, 0.4) is 0 Å². The number of hydrogen-bond acceptors (Lipinski definition) is 4. The molecule has 0 radical (unpaired) electrons. The molecule has 1 aliphatic rings. The summed E-state index contributed by atoms with van der Waals surface area (Å²) in [6.45, 7) is 12.1. The van der Waals surface area contributed by atoms with E-state index in [1.165, 1.54) is 6.07 Å². The van der Waals surface area contributed by atoms with Gasteiger partial charge in [-0.05, 0) is 80.8 Å². The average Bonchev–Trinajstić information content (AvgIpc) is 2.88. The second-order valence-electron chi connectivity index (χ2n) is 10.1. The largest absolute Gasteiger partial charge is 0.508 e. The molecule has 1 amide bonds. The van der Waals surface area contributed by atoms with Gasteiger partial charge in [-0.3, -0.25) is 14.6 Å². The third-order valence-corrected chi connectivity index (χ3v) is 7.48. The summed E-state index contributed by atoms with van der Waals surface area (Å²) in [4.78, 5) is 19.6. The van der Waals surface area contributed by atoms with Crippen molar-refractivity contribution in [1.29, 1.82) is 0 Å². The number of carbonyl (C=O) groups is 1. The number of hydrogen-bond donors (Lipinski definition) is 1. The molecule has 37 heavy (non-hydrogen) atoms. The zero-order valence-corrected chi connectivity index (χ0v) is 22.3. The van der Waals surface area contributed by atoms with Gasteiger partial charge in [0.1, 0.15) is 11.6 Å². The number of rotatable bonds is 8. The van der Waals surface area contributed by atoms with Crippen molar-refractivity contribution in [1.82, 2.24) is 14.7 Å². The Morgan fingerprint density at radius 3 is 2.30 bits per heavy atom. The topological polar surface area (TPSA) is 47.0 Å². The number of benzene rings is 3. The predicted octanol–water partition coefficient (Wildman–Crippen LogP) is 5.70. The standard InChI is InChI=1S/C31H38FN3O2/c1-5-33(6-2)31(37)26-15-13-25(14-16-26)30(27-10-8-12-29(36)18-27)35-20-22(3)34(19-23(35)4)21-24-9-7-11-28(32)17-24/h7-18,22-23,30,36H,5-6,19-21H2,1-4H3/t22-,23+,30+/m1/s1. The molecular weight excluding hydrogens is 465 g/mol. The minimum Gasteiger partial charge on any atom is -0.508 e. The van der Waals surface area contributed by atoms with E-state index < -0.39 is 0 Å². The van der Waals surface area contributed by atoms with Crippen molar-refractivity contribution in [2.45, 2.75) is 52.4 Å². The lowest BCUT2D eigenvalue weighted by Crippen LogP contribution is -2.56. The maximum Gasteiger partial charge on any atom is 0.253 e. The number of carbonyl (C=O) groups excluding carboxylic acids is 1. The van der Waals surface area contributed by atoms with E-state index in [2.05, 4.69) is 29.7 Å². The number of halogens is 1. The molecule has 3 aromatic carbocycles. The highest BCUT2D eigenvalue weighted by molar-refractivity contribution is 5.94. The van der Waals surface area contributed by atoms with E-state index in [4.69, 9.17) is 0 Å². The first-order valence-electron chi connectivity index (χ1n) is 13.2. The minimum atomic E-state index is -0.205. The zero-order valence-electron chi connectivity index (χ0n) is 22.3. The summed E-state index contributed by atoms with van der Waals surface area (Å²) in [6, 6.07) is 22.6. The summed E-state index contributed by atoms with van der Waals surface area (Å²) >= 11 is 0. The molecule has 0 aliphatic carbocycles. The number of aromatic hydroxyl groups is 1. The van der Waals surface area contributed by atoms with Crippen LogP contribution in [0.2, 0.25) is 0 Å². The quantitative estimate of drug-likeness (QED) is 0.429. The normalized spacial score (nSPS) is 19.5. The molecule has 3 aromatic rings.